The first kappa shape index (κ1) is 31.4. The van der Waals surface area contributed by atoms with Gasteiger partial charge in [0.05, 0.1) is 26.4 Å². The summed E-state index contributed by atoms with van der Waals surface area (Å²) >= 11 is 0. The Morgan fingerprint density at radius 3 is 1.86 bits per heavy atom. The first-order valence-electron chi connectivity index (χ1n) is 13.5. The van der Waals surface area contributed by atoms with Crippen LogP contribution >= 0.6 is 0 Å². The minimum absolute atomic E-state index is 0.101. The third kappa shape index (κ3) is 6.59. The summed E-state index contributed by atoms with van der Waals surface area (Å²) in [6.45, 7) is 4.29. The summed E-state index contributed by atoms with van der Waals surface area (Å²) < 4.78 is 57.3. The van der Waals surface area contributed by atoms with E-state index in [1.54, 1.807) is 62.4 Å². The zero-order chi connectivity index (χ0) is 30.7. The van der Waals surface area contributed by atoms with E-state index in [1.165, 1.54) is 19.1 Å². The molecule has 1 amide bonds. The largest absolute Gasteiger partial charge is 0.497 e. The Kier molecular flexibility index (Phi) is 9.56. The lowest BCUT2D eigenvalue weighted by molar-refractivity contribution is 0.0626. The number of halogens is 1. The highest BCUT2D eigenvalue weighted by Gasteiger charge is 2.40. The number of hydrogen-bond acceptors (Lipinski definition) is 8. The fraction of sp³-hybridized carbons (Fsp3) is 0.448. The van der Waals surface area contributed by atoms with Crippen LogP contribution < -0.4 is 9.47 Å². The van der Waals surface area contributed by atoms with Gasteiger partial charge in [-0.1, -0.05) is 24.3 Å². The lowest BCUT2D eigenvalue weighted by Crippen LogP contribution is -2.48. The maximum absolute atomic E-state index is 16.3. The summed E-state index contributed by atoms with van der Waals surface area (Å²) in [6.07, 6.45) is 0. The molecular weight excluding hydrogens is 565 g/mol. The number of rotatable bonds is 11. The summed E-state index contributed by atoms with van der Waals surface area (Å²) in [7, 11) is 0.386. The van der Waals surface area contributed by atoms with Crippen LogP contribution in [0.2, 0.25) is 0 Å². The van der Waals surface area contributed by atoms with Crippen LogP contribution in [0.5, 0.6) is 11.5 Å². The topological polar surface area (TPSA) is 117 Å². The van der Waals surface area contributed by atoms with Gasteiger partial charge in [-0.3, -0.25) is 4.79 Å². The van der Waals surface area contributed by atoms with Crippen LogP contribution in [0, 0.1) is 5.82 Å². The molecular formula is C29H38FN5O6S. The van der Waals surface area contributed by atoms with Gasteiger partial charge in [-0.2, -0.15) is 9.40 Å². The summed E-state index contributed by atoms with van der Waals surface area (Å²) in [4.78, 5) is 17.1. The first-order chi connectivity index (χ1) is 19.9. The Morgan fingerprint density at radius 1 is 0.952 bits per heavy atom. The molecule has 2 heterocycles. The molecule has 13 heteroatoms. The summed E-state index contributed by atoms with van der Waals surface area (Å²) in [5.41, 5.74) is -0.483. The third-order valence-corrected chi connectivity index (χ3v) is 9.06. The van der Waals surface area contributed by atoms with E-state index in [1.807, 2.05) is 11.9 Å². The molecule has 1 N–H and O–H groups in total. The Bertz CT molecular complexity index is 1430. The molecule has 228 valence electrons. The molecule has 0 saturated carbocycles. The van der Waals surface area contributed by atoms with E-state index in [0.717, 1.165) is 8.99 Å². The average Bonchev–Trinajstić information content (AvgIpc) is 3.36. The third-order valence-electron chi connectivity index (χ3n) is 7.37. The summed E-state index contributed by atoms with van der Waals surface area (Å²) in [5, 5.41) is 13.4. The molecule has 1 fully saturated rings. The maximum Gasteiger partial charge on any atom is 0.275 e. The number of aliphatic hydroxyl groups excluding tert-OH is 1. The molecule has 0 atom stereocenters. The van der Waals surface area contributed by atoms with Crippen molar-refractivity contribution in [1.29, 1.82) is 0 Å². The molecule has 1 aromatic heterocycles. The lowest BCUT2D eigenvalue weighted by atomic mass is 10.1. The van der Waals surface area contributed by atoms with Crippen molar-refractivity contribution < 1.29 is 32.2 Å². The Hall–Kier alpha value is -3.52. The number of sulfonamides is 1. The maximum atomic E-state index is 16.3. The number of aromatic nitrogens is 2. The van der Waals surface area contributed by atoms with Gasteiger partial charge in [-0.05, 0) is 56.3 Å². The molecule has 3 aromatic rings. The fourth-order valence-electron chi connectivity index (χ4n) is 4.61. The van der Waals surface area contributed by atoms with Crippen molar-refractivity contribution >= 4 is 15.9 Å². The molecule has 0 radical (unpaired) electrons. The number of aliphatic hydroxyl groups is 1. The van der Waals surface area contributed by atoms with Gasteiger partial charge in [0.1, 0.15) is 11.5 Å². The van der Waals surface area contributed by atoms with Crippen LogP contribution in [0.25, 0.3) is 0 Å². The number of ether oxygens (including phenoxy) is 2. The van der Waals surface area contributed by atoms with Gasteiger partial charge in [0.2, 0.25) is 5.03 Å². The van der Waals surface area contributed by atoms with E-state index in [0.29, 0.717) is 48.8 Å². The molecule has 42 heavy (non-hydrogen) atoms. The second-order valence-corrected chi connectivity index (χ2v) is 12.8. The summed E-state index contributed by atoms with van der Waals surface area (Å²) in [5.74, 6) is -0.708. The Morgan fingerprint density at radius 2 is 1.43 bits per heavy atom. The molecule has 0 spiro atoms. The van der Waals surface area contributed by atoms with E-state index < -0.39 is 44.6 Å². The van der Waals surface area contributed by atoms with E-state index in [9.17, 15) is 18.3 Å². The van der Waals surface area contributed by atoms with Gasteiger partial charge in [-0.15, -0.1) is 0 Å². The second kappa shape index (κ2) is 12.8. The van der Waals surface area contributed by atoms with Gasteiger partial charge in [0, 0.05) is 39.3 Å². The molecule has 11 nitrogen and oxygen atoms in total. The number of methoxy groups -OCH3 is 2. The normalized spacial score (nSPS) is 14.8. The van der Waals surface area contributed by atoms with Crippen LogP contribution in [0.3, 0.4) is 0 Å². The molecule has 0 aliphatic carbocycles. The molecule has 0 bridgehead atoms. The molecule has 4 rings (SSSR count). The number of carbonyl (C=O) groups excluding carboxylic acids is 1. The first-order valence-corrected chi connectivity index (χ1v) is 15.0. The summed E-state index contributed by atoms with van der Waals surface area (Å²) in [6, 6.07) is 13.7. The van der Waals surface area contributed by atoms with Gasteiger partial charge < -0.3 is 24.4 Å². The van der Waals surface area contributed by atoms with Crippen molar-refractivity contribution in [1.82, 2.24) is 23.9 Å². The monoisotopic (exact) mass is 603 g/mol. The number of amides is 1. The van der Waals surface area contributed by atoms with Crippen LogP contribution in [0.15, 0.2) is 53.6 Å². The standard InChI is InChI=1S/C29H38FN5O6S/c1-29(2,20-36)35-26(28(37)33-16-14-32(3)15-17-33)25(30)27(31-35)42(38,39)34(18-21-6-10-23(40-4)11-7-21)19-22-8-12-24(41-5)13-9-22/h6-13,36H,14-20H2,1-5H3. The number of hydrogen-bond donors (Lipinski definition) is 1. The van der Waals surface area contributed by atoms with Gasteiger partial charge in [0.25, 0.3) is 15.9 Å². The van der Waals surface area contributed by atoms with Crippen molar-refractivity contribution in [2.45, 2.75) is 37.5 Å². The lowest BCUT2D eigenvalue weighted by Gasteiger charge is -2.33. The van der Waals surface area contributed by atoms with Crippen LogP contribution in [-0.4, -0.2) is 97.4 Å². The molecule has 0 unspecified atom stereocenters. The number of benzene rings is 2. The zero-order valence-electron chi connectivity index (χ0n) is 24.6. The van der Waals surface area contributed by atoms with Gasteiger partial charge in [-0.25, -0.2) is 17.5 Å². The number of likely N-dealkylation sites (N-methyl/N-ethyl adjacent to an activating group) is 1. The van der Waals surface area contributed by atoms with Gasteiger partial charge in [0.15, 0.2) is 11.5 Å². The van der Waals surface area contributed by atoms with E-state index in [-0.39, 0.29) is 13.1 Å². The number of piperazine rings is 1. The van der Waals surface area contributed by atoms with E-state index in [2.05, 4.69) is 5.10 Å². The predicted octanol–water partition coefficient (Wildman–Crippen LogP) is 2.55. The minimum Gasteiger partial charge on any atom is -0.497 e. The fourth-order valence-corrected chi connectivity index (χ4v) is 6.00. The number of nitrogens with zero attached hydrogens (tertiary/aromatic N) is 5. The quantitative estimate of drug-likeness (QED) is 0.356. The van der Waals surface area contributed by atoms with Gasteiger partial charge >= 0.3 is 0 Å². The number of carbonyl (C=O) groups is 1. The Labute approximate surface area is 246 Å². The highest BCUT2D eigenvalue weighted by molar-refractivity contribution is 7.89. The smallest absolute Gasteiger partial charge is 0.275 e. The van der Waals surface area contributed by atoms with Crippen LogP contribution in [0.1, 0.15) is 35.5 Å². The molecule has 1 aliphatic heterocycles. The van der Waals surface area contributed by atoms with E-state index in [4.69, 9.17) is 9.47 Å². The molecule has 1 saturated heterocycles. The minimum atomic E-state index is -4.60. The predicted molar refractivity (Wildman–Crippen MR) is 154 cm³/mol. The van der Waals surface area contributed by atoms with E-state index >= 15 is 4.39 Å². The second-order valence-electron chi connectivity index (χ2n) is 10.9. The Balaban J connectivity index is 1.79. The molecule has 2 aromatic carbocycles. The zero-order valence-corrected chi connectivity index (χ0v) is 25.4. The van der Waals surface area contributed by atoms with Crippen molar-refractivity contribution in [2.75, 3.05) is 54.1 Å². The molecule has 1 aliphatic rings. The van der Waals surface area contributed by atoms with Crippen molar-refractivity contribution in [3.05, 3.63) is 71.2 Å². The van der Waals surface area contributed by atoms with Crippen LogP contribution in [-0.2, 0) is 28.7 Å². The highest BCUT2D eigenvalue weighted by atomic mass is 32.2. The highest BCUT2D eigenvalue weighted by Crippen LogP contribution is 2.30. The van der Waals surface area contributed by atoms with Crippen molar-refractivity contribution in [3.63, 3.8) is 0 Å². The SMILES string of the molecule is COc1ccc(CN(Cc2ccc(OC)cc2)S(=O)(=O)c2nn(C(C)(C)CO)c(C(=O)N3CCN(C)CC3)c2F)cc1. The van der Waals surface area contributed by atoms with Crippen molar-refractivity contribution in [2.24, 2.45) is 0 Å². The average molecular weight is 604 g/mol. The van der Waals surface area contributed by atoms with Crippen LogP contribution in [0.4, 0.5) is 4.39 Å². The van der Waals surface area contributed by atoms with Crippen molar-refractivity contribution in [3.8, 4) is 11.5 Å².